The number of nitrogens with zero attached hydrogens (tertiary/aromatic N) is 4. The Kier molecular flexibility index (Phi) is 4.41. The van der Waals surface area contributed by atoms with Crippen LogP contribution in [-0.4, -0.2) is 33.9 Å². The molecule has 128 valence electrons. The summed E-state index contributed by atoms with van der Waals surface area (Å²) in [6, 6.07) is 0. The van der Waals surface area contributed by atoms with Crippen LogP contribution < -0.4 is 9.64 Å². The molecule has 9 heteroatoms. The first-order valence-electron chi connectivity index (χ1n) is 7.63. The van der Waals surface area contributed by atoms with Crippen LogP contribution in [0, 0.1) is 10.1 Å². The summed E-state index contributed by atoms with van der Waals surface area (Å²) < 4.78 is 32.1. The van der Waals surface area contributed by atoms with Crippen LogP contribution in [0.5, 0.6) is 5.88 Å². The molecule has 0 saturated carbocycles. The van der Waals surface area contributed by atoms with E-state index in [2.05, 4.69) is 9.97 Å². The van der Waals surface area contributed by atoms with Crippen LogP contribution >= 0.6 is 0 Å². The van der Waals surface area contributed by atoms with Gasteiger partial charge in [0.1, 0.15) is 12.1 Å². The second-order valence-electron chi connectivity index (χ2n) is 5.64. The quantitative estimate of drug-likeness (QED) is 0.619. The first-order chi connectivity index (χ1) is 11.5. The standard InChI is InChI=1S/C15H16F2N4O3/c16-15(17)6-8-20(9-7-15)13-12(21(22)23)14(19-10-18-13)24-11-4-2-1-3-5-11/h2,4-5,10H,1,3,6-9H2. The molecule has 0 unspecified atom stereocenters. The van der Waals surface area contributed by atoms with Gasteiger partial charge in [0.2, 0.25) is 5.82 Å². The Morgan fingerprint density at radius 3 is 2.62 bits per heavy atom. The molecule has 0 aromatic carbocycles. The Labute approximate surface area is 136 Å². The van der Waals surface area contributed by atoms with Crippen molar-refractivity contribution >= 4 is 11.5 Å². The number of allylic oxidation sites excluding steroid dienone is 3. The Morgan fingerprint density at radius 1 is 1.25 bits per heavy atom. The molecule has 0 amide bonds. The fraction of sp³-hybridized carbons (Fsp3) is 0.467. The molecular weight excluding hydrogens is 322 g/mol. The molecule has 0 bridgehead atoms. The number of halogens is 2. The first-order valence-corrected chi connectivity index (χ1v) is 7.63. The molecule has 2 heterocycles. The van der Waals surface area contributed by atoms with Crippen molar-refractivity contribution in [3.05, 3.63) is 40.4 Å². The van der Waals surface area contributed by atoms with Crippen LogP contribution in [0.15, 0.2) is 30.3 Å². The van der Waals surface area contributed by atoms with Gasteiger partial charge in [-0.15, -0.1) is 0 Å². The summed E-state index contributed by atoms with van der Waals surface area (Å²) in [5, 5.41) is 11.5. The zero-order chi connectivity index (χ0) is 17.2. The molecule has 7 nitrogen and oxygen atoms in total. The Hall–Kier alpha value is -2.58. The van der Waals surface area contributed by atoms with Gasteiger partial charge < -0.3 is 9.64 Å². The highest BCUT2D eigenvalue weighted by Crippen LogP contribution is 2.38. The van der Waals surface area contributed by atoms with E-state index in [1.165, 1.54) is 4.90 Å². The first kappa shape index (κ1) is 16.3. The molecule has 0 N–H and O–H groups in total. The smallest absolute Gasteiger partial charge is 0.373 e. The fourth-order valence-electron chi connectivity index (χ4n) is 2.64. The van der Waals surface area contributed by atoms with Crippen molar-refractivity contribution in [2.45, 2.75) is 31.6 Å². The van der Waals surface area contributed by atoms with Gasteiger partial charge in [-0.25, -0.2) is 13.8 Å². The molecule has 1 aliphatic heterocycles. The van der Waals surface area contributed by atoms with E-state index in [0.29, 0.717) is 5.76 Å². The fourth-order valence-corrected chi connectivity index (χ4v) is 2.64. The lowest BCUT2D eigenvalue weighted by Gasteiger charge is -2.32. The molecule has 1 aromatic heterocycles. The topological polar surface area (TPSA) is 81.4 Å². The van der Waals surface area contributed by atoms with E-state index in [9.17, 15) is 18.9 Å². The summed E-state index contributed by atoms with van der Waals surface area (Å²) in [6.07, 6.45) is 7.51. The van der Waals surface area contributed by atoms with E-state index in [4.69, 9.17) is 4.74 Å². The molecule has 0 radical (unpaired) electrons. The Morgan fingerprint density at radius 2 is 2.00 bits per heavy atom. The summed E-state index contributed by atoms with van der Waals surface area (Å²) >= 11 is 0. The third-order valence-corrected chi connectivity index (χ3v) is 3.92. The monoisotopic (exact) mass is 338 g/mol. The van der Waals surface area contributed by atoms with Gasteiger partial charge in [-0.1, -0.05) is 6.08 Å². The van der Waals surface area contributed by atoms with Crippen LogP contribution in [-0.2, 0) is 0 Å². The van der Waals surface area contributed by atoms with Gasteiger partial charge in [0.25, 0.3) is 5.92 Å². The number of hydrogen-bond donors (Lipinski definition) is 0. The SMILES string of the molecule is O=[N+]([O-])c1c(OC2=CCCC=C2)ncnc1N1CCC(F)(F)CC1. The summed E-state index contributed by atoms with van der Waals surface area (Å²) in [5.41, 5.74) is -0.400. The van der Waals surface area contributed by atoms with Crippen molar-refractivity contribution in [3.63, 3.8) is 0 Å². The average Bonchev–Trinajstić information content (AvgIpc) is 2.55. The predicted octanol–water partition coefficient (Wildman–Crippen LogP) is 3.23. The van der Waals surface area contributed by atoms with E-state index in [0.717, 1.165) is 19.2 Å². The third-order valence-electron chi connectivity index (χ3n) is 3.92. The lowest BCUT2D eigenvalue weighted by molar-refractivity contribution is -0.385. The molecule has 1 fully saturated rings. The minimum Gasteiger partial charge on any atom is -0.434 e. The van der Waals surface area contributed by atoms with Crippen molar-refractivity contribution in [1.29, 1.82) is 0 Å². The van der Waals surface area contributed by atoms with Crippen molar-refractivity contribution in [1.82, 2.24) is 9.97 Å². The summed E-state index contributed by atoms with van der Waals surface area (Å²) in [7, 11) is 0. The molecular formula is C15H16F2N4O3. The number of nitro groups is 1. The van der Waals surface area contributed by atoms with Crippen LogP contribution in [0.3, 0.4) is 0 Å². The lowest BCUT2D eigenvalue weighted by atomic mass is 10.1. The van der Waals surface area contributed by atoms with E-state index < -0.39 is 16.5 Å². The number of alkyl halides is 2. The minimum absolute atomic E-state index is 0.00705. The van der Waals surface area contributed by atoms with Gasteiger partial charge in [-0.3, -0.25) is 10.1 Å². The summed E-state index contributed by atoms with van der Waals surface area (Å²) in [4.78, 5) is 20.1. The van der Waals surface area contributed by atoms with Gasteiger partial charge >= 0.3 is 11.6 Å². The predicted molar refractivity (Wildman–Crippen MR) is 82.2 cm³/mol. The second kappa shape index (κ2) is 6.50. The second-order valence-corrected chi connectivity index (χ2v) is 5.64. The van der Waals surface area contributed by atoms with Crippen molar-refractivity contribution in [2.24, 2.45) is 0 Å². The Balaban J connectivity index is 1.89. The highest BCUT2D eigenvalue weighted by atomic mass is 19.3. The number of aromatic nitrogens is 2. The van der Waals surface area contributed by atoms with Gasteiger partial charge in [-0.2, -0.15) is 4.98 Å². The van der Waals surface area contributed by atoms with Crippen molar-refractivity contribution in [2.75, 3.05) is 18.0 Å². The van der Waals surface area contributed by atoms with Crippen molar-refractivity contribution in [3.8, 4) is 5.88 Å². The maximum Gasteiger partial charge on any atom is 0.373 e. The maximum absolute atomic E-state index is 13.3. The van der Waals surface area contributed by atoms with Crippen LogP contribution in [0.25, 0.3) is 0 Å². The molecule has 2 aliphatic rings. The lowest BCUT2D eigenvalue weighted by Crippen LogP contribution is -2.40. The van der Waals surface area contributed by atoms with E-state index >= 15 is 0 Å². The largest absolute Gasteiger partial charge is 0.434 e. The van der Waals surface area contributed by atoms with Crippen molar-refractivity contribution < 1.29 is 18.4 Å². The number of ether oxygens (including phenoxy) is 1. The molecule has 3 rings (SSSR count). The summed E-state index contributed by atoms with van der Waals surface area (Å²) in [5.74, 6) is -2.43. The molecule has 1 aromatic rings. The molecule has 0 spiro atoms. The highest BCUT2D eigenvalue weighted by molar-refractivity contribution is 5.63. The number of hydrogen-bond acceptors (Lipinski definition) is 6. The minimum atomic E-state index is -2.74. The average molecular weight is 338 g/mol. The van der Waals surface area contributed by atoms with Gasteiger partial charge in [0.15, 0.2) is 0 Å². The molecule has 1 saturated heterocycles. The Bertz CT molecular complexity index is 696. The molecule has 0 atom stereocenters. The molecule has 24 heavy (non-hydrogen) atoms. The van der Waals surface area contributed by atoms with Crippen LogP contribution in [0.4, 0.5) is 20.3 Å². The number of rotatable bonds is 4. The highest BCUT2D eigenvalue weighted by Gasteiger charge is 2.37. The van der Waals surface area contributed by atoms with E-state index in [1.807, 2.05) is 12.2 Å². The van der Waals surface area contributed by atoms with Crippen LogP contribution in [0.1, 0.15) is 25.7 Å². The normalized spacial score (nSPS) is 19.8. The zero-order valence-electron chi connectivity index (χ0n) is 12.8. The number of anilines is 1. The maximum atomic E-state index is 13.3. The zero-order valence-corrected chi connectivity index (χ0v) is 12.8. The van der Waals surface area contributed by atoms with E-state index in [1.54, 1.807) is 6.08 Å². The van der Waals surface area contributed by atoms with Gasteiger partial charge in [0.05, 0.1) is 4.92 Å². The third kappa shape index (κ3) is 3.50. The molecule has 1 aliphatic carbocycles. The van der Waals surface area contributed by atoms with Gasteiger partial charge in [0, 0.05) is 25.9 Å². The van der Waals surface area contributed by atoms with Gasteiger partial charge in [-0.05, 0) is 25.0 Å². The number of piperidine rings is 1. The van der Waals surface area contributed by atoms with E-state index in [-0.39, 0.29) is 37.6 Å². The summed E-state index contributed by atoms with van der Waals surface area (Å²) in [6.45, 7) is -0.0141. The van der Waals surface area contributed by atoms with Crippen LogP contribution in [0.2, 0.25) is 0 Å².